The summed E-state index contributed by atoms with van der Waals surface area (Å²) in [7, 11) is -2.78. The second-order valence-corrected chi connectivity index (χ2v) is 6.68. The van der Waals surface area contributed by atoms with Crippen LogP contribution in [0.25, 0.3) is 0 Å². The average molecular weight is 219 g/mol. The monoisotopic (exact) mass is 219 g/mol. The van der Waals surface area contributed by atoms with Crippen molar-refractivity contribution in [3.63, 3.8) is 0 Å². The highest BCUT2D eigenvalue weighted by Gasteiger charge is 2.26. The van der Waals surface area contributed by atoms with E-state index in [0.29, 0.717) is 17.6 Å². The Labute approximate surface area is 87.0 Å². The number of sulfone groups is 1. The third-order valence-corrected chi connectivity index (χ3v) is 5.10. The molecule has 1 aliphatic rings. The van der Waals surface area contributed by atoms with Gasteiger partial charge in [0.05, 0.1) is 5.75 Å². The fourth-order valence-corrected chi connectivity index (χ4v) is 3.23. The maximum absolute atomic E-state index is 11.3. The normalized spacial score (nSPS) is 28.1. The predicted octanol–water partition coefficient (Wildman–Crippen LogP) is 1.19. The van der Waals surface area contributed by atoms with Crippen LogP contribution in [0.15, 0.2) is 0 Å². The molecule has 0 aliphatic heterocycles. The summed E-state index contributed by atoms with van der Waals surface area (Å²) in [4.78, 5) is 0. The van der Waals surface area contributed by atoms with E-state index in [0.717, 1.165) is 13.0 Å². The van der Waals surface area contributed by atoms with Gasteiger partial charge < -0.3 is 5.73 Å². The van der Waals surface area contributed by atoms with Crippen molar-refractivity contribution in [2.75, 3.05) is 18.1 Å². The standard InChI is InChI=1S/C10H21NO2S/c1-2-14(12,13)7-6-9-4-3-5-10(9)8-11/h9-10H,2-8,11H2,1H3. The van der Waals surface area contributed by atoms with E-state index in [9.17, 15) is 8.42 Å². The van der Waals surface area contributed by atoms with E-state index in [1.807, 2.05) is 0 Å². The second-order valence-electron chi connectivity index (χ2n) is 4.21. The van der Waals surface area contributed by atoms with Crippen molar-refractivity contribution < 1.29 is 8.42 Å². The summed E-state index contributed by atoms with van der Waals surface area (Å²) >= 11 is 0. The van der Waals surface area contributed by atoms with Crippen LogP contribution in [0.5, 0.6) is 0 Å². The van der Waals surface area contributed by atoms with Gasteiger partial charge >= 0.3 is 0 Å². The molecule has 2 atom stereocenters. The van der Waals surface area contributed by atoms with Crippen molar-refractivity contribution in [2.45, 2.75) is 32.6 Å². The summed E-state index contributed by atoms with van der Waals surface area (Å²) in [5.41, 5.74) is 5.65. The van der Waals surface area contributed by atoms with Gasteiger partial charge in [0, 0.05) is 5.75 Å². The molecule has 2 unspecified atom stereocenters. The molecule has 0 aromatic carbocycles. The molecule has 1 aliphatic carbocycles. The second kappa shape index (κ2) is 5.12. The number of hydrogen-bond acceptors (Lipinski definition) is 3. The number of nitrogens with two attached hydrogens (primary N) is 1. The van der Waals surface area contributed by atoms with Crippen LogP contribution >= 0.6 is 0 Å². The highest BCUT2D eigenvalue weighted by molar-refractivity contribution is 7.91. The Morgan fingerprint density at radius 2 is 1.93 bits per heavy atom. The third-order valence-electron chi connectivity index (χ3n) is 3.36. The minimum atomic E-state index is -2.78. The highest BCUT2D eigenvalue weighted by atomic mass is 32.2. The van der Waals surface area contributed by atoms with Crippen LogP contribution < -0.4 is 5.73 Å². The molecule has 1 rings (SSSR count). The van der Waals surface area contributed by atoms with Crippen molar-refractivity contribution in [3.8, 4) is 0 Å². The van der Waals surface area contributed by atoms with Crippen molar-refractivity contribution in [3.05, 3.63) is 0 Å². The van der Waals surface area contributed by atoms with Gasteiger partial charge in [0.2, 0.25) is 0 Å². The molecular formula is C10H21NO2S. The lowest BCUT2D eigenvalue weighted by Gasteiger charge is -2.17. The molecule has 0 radical (unpaired) electrons. The lowest BCUT2D eigenvalue weighted by atomic mass is 9.94. The summed E-state index contributed by atoms with van der Waals surface area (Å²) in [5, 5.41) is 0. The van der Waals surface area contributed by atoms with Crippen LogP contribution in [0.3, 0.4) is 0 Å². The zero-order valence-electron chi connectivity index (χ0n) is 8.91. The maximum Gasteiger partial charge on any atom is 0.150 e. The topological polar surface area (TPSA) is 60.2 Å². The molecule has 0 heterocycles. The van der Waals surface area contributed by atoms with Gasteiger partial charge in [0.15, 0.2) is 0 Å². The van der Waals surface area contributed by atoms with Gasteiger partial charge in [-0.25, -0.2) is 8.42 Å². The Balaban J connectivity index is 2.38. The molecule has 84 valence electrons. The van der Waals surface area contributed by atoms with E-state index in [-0.39, 0.29) is 5.75 Å². The smallest absolute Gasteiger partial charge is 0.150 e. The molecule has 3 nitrogen and oxygen atoms in total. The van der Waals surface area contributed by atoms with Crippen molar-refractivity contribution in [1.29, 1.82) is 0 Å². The summed E-state index contributed by atoms with van der Waals surface area (Å²) < 4.78 is 22.6. The van der Waals surface area contributed by atoms with Gasteiger partial charge in [-0.3, -0.25) is 0 Å². The first-order valence-corrected chi connectivity index (χ1v) is 7.31. The van der Waals surface area contributed by atoms with Crippen LogP contribution in [0.2, 0.25) is 0 Å². The zero-order valence-corrected chi connectivity index (χ0v) is 9.72. The first kappa shape index (κ1) is 12.0. The summed E-state index contributed by atoms with van der Waals surface area (Å²) in [6.07, 6.45) is 4.39. The Morgan fingerprint density at radius 1 is 1.29 bits per heavy atom. The van der Waals surface area contributed by atoms with Crippen molar-refractivity contribution in [1.82, 2.24) is 0 Å². The third kappa shape index (κ3) is 3.24. The van der Waals surface area contributed by atoms with E-state index >= 15 is 0 Å². The maximum atomic E-state index is 11.3. The largest absolute Gasteiger partial charge is 0.330 e. The first-order valence-electron chi connectivity index (χ1n) is 5.49. The fourth-order valence-electron chi connectivity index (χ4n) is 2.28. The molecule has 14 heavy (non-hydrogen) atoms. The van der Waals surface area contributed by atoms with Crippen molar-refractivity contribution in [2.24, 2.45) is 17.6 Å². The van der Waals surface area contributed by atoms with Crippen LogP contribution in [-0.2, 0) is 9.84 Å². The molecule has 0 aromatic rings. The lowest BCUT2D eigenvalue weighted by molar-refractivity contribution is 0.385. The van der Waals surface area contributed by atoms with E-state index < -0.39 is 9.84 Å². The van der Waals surface area contributed by atoms with Gasteiger partial charge in [0.1, 0.15) is 9.84 Å². The molecule has 0 bridgehead atoms. The first-order chi connectivity index (χ1) is 6.59. The van der Waals surface area contributed by atoms with Crippen LogP contribution in [0, 0.1) is 11.8 Å². The van der Waals surface area contributed by atoms with Crippen LogP contribution in [0.1, 0.15) is 32.6 Å². The molecule has 0 aromatic heterocycles. The Hall–Kier alpha value is -0.0900. The van der Waals surface area contributed by atoms with Crippen molar-refractivity contribution >= 4 is 9.84 Å². The Kier molecular flexibility index (Phi) is 4.38. The van der Waals surface area contributed by atoms with E-state index in [1.165, 1.54) is 19.3 Å². The fraction of sp³-hybridized carbons (Fsp3) is 1.00. The summed E-state index contributed by atoms with van der Waals surface area (Å²) in [6, 6.07) is 0. The van der Waals surface area contributed by atoms with Gasteiger partial charge in [-0.15, -0.1) is 0 Å². The molecule has 0 amide bonds. The Bertz CT molecular complexity index is 261. The highest BCUT2D eigenvalue weighted by Crippen LogP contribution is 2.33. The summed E-state index contributed by atoms with van der Waals surface area (Å²) in [6.45, 7) is 2.43. The SMILES string of the molecule is CCS(=O)(=O)CCC1CCCC1CN. The average Bonchev–Trinajstić information content (AvgIpc) is 2.62. The molecule has 0 saturated heterocycles. The van der Waals surface area contributed by atoms with E-state index in [2.05, 4.69) is 0 Å². The van der Waals surface area contributed by atoms with Gasteiger partial charge in [-0.05, 0) is 31.2 Å². The molecular weight excluding hydrogens is 198 g/mol. The molecule has 1 fully saturated rings. The van der Waals surface area contributed by atoms with Crippen LogP contribution in [0.4, 0.5) is 0 Å². The minimum Gasteiger partial charge on any atom is -0.330 e. The molecule has 1 saturated carbocycles. The lowest BCUT2D eigenvalue weighted by Crippen LogP contribution is -2.21. The number of hydrogen-bond donors (Lipinski definition) is 1. The summed E-state index contributed by atoms with van der Waals surface area (Å²) in [5.74, 6) is 1.75. The molecule has 0 spiro atoms. The quantitative estimate of drug-likeness (QED) is 0.755. The van der Waals surface area contributed by atoms with Crippen LogP contribution in [-0.4, -0.2) is 26.5 Å². The molecule has 4 heteroatoms. The van der Waals surface area contributed by atoms with E-state index in [1.54, 1.807) is 6.92 Å². The van der Waals surface area contributed by atoms with Gasteiger partial charge in [-0.1, -0.05) is 19.8 Å². The zero-order chi connectivity index (χ0) is 10.6. The minimum absolute atomic E-state index is 0.271. The predicted molar refractivity (Wildman–Crippen MR) is 58.8 cm³/mol. The van der Waals surface area contributed by atoms with Gasteiger partial charge in [-0.2, -0.15) is 0 Å². The molecule has 2 N–H and O–H groups in total. The number of rotatable bonds is 5. The van der Waals surface area contributed by atoms with Gasteiger partial charge in [0.25, 0.3) is 0 Å². The Morgan fingerprint density at radius 3 is 2.50 bits per heavy atom. The van der Waals surface area contributed by atoms with E-state index in [4.69, 9.17) is 5.73 Å².